The maximum absolute atomic E-state index is 13.0. The number of rotatable bonds is 7. The second kappa shape index (κ2) is 9.30. The molecular weight excluding hydrogens is 508 g/mol. The molecule has 11 heteroatoms. The van der Waals surface area contributed by atoms with Crippen LogP contribution in [-0.4, -0.2) is 31.3 Å². The maximum atomic E-state index is 13.0. The molecule has 0 amide bonds. The van der Waals surface area contributed by atoms with Crippen molar-refractivity contribution >= 4 is 37.2 Å². The van der Waals surface area contributed by atoms with Crippen LogP contribution in [0, 0.1) is 0 Å². The van der Waals surface area contributed by atoms with Crippen molar-refractivity contribution in [1.82, 2.24) is 4.98 Å². The number of hydrogen-bond donors (Lipinski definition) is 3. The van der Waals surface area contributed by atoms with Gasteiger partial charge in [-0.2, -0.15) is 0 Å². The average Bonchev–Trinajstić information content (AvgIpc) is 2.68. The van der Waals surface area contributed by atoms with Crippen molar-refractivity contribution in [3.8, 4) is 5.75 Å². The molecule has 0 aliphatic carbocycles. The van der Waals surface area contributed by atoms with Gasteiger partial charge in [0.25, 0.3) is 0 Å². The molecule has 168 valence electrons. The van der Waals surface area contributed by atoms with Crippen LogP contribution in [-0.2, 0) is 20.0 Å². The lowest BCUT2D eigenvalue weighted by molar-refractivity contribution is -0.0473. The number of pyridine rings is 1. The summed E-state index contributed by atoms with van der Waals surface area (Å²) in [5, 5.41) is 8.40. The van der Waals surface area contributed by atoms with Crippen LogP contribution in [0.3, 0.4) is 0 Å². The first-order chi connectivity index (χ1) is 14.5. The van der Waals surface area contributed by atoms with Gasteiger partial charge in [-0.05, 0) is 52.4 Å². The Bertz CT molecular complexity index is 1040. The van der Waals surface area contributed by atoms with Gasteiger partial charge in [-0.3, -0.25) is 18.6 Å². The summed E-state index contributed by atoms with van der Waals surface area (Å²) >= 11 is 3.38. The van der Waals surface area contributed by atoms with Crippen LogP contribution < -0.4 is 4.74 Å². The van der Waals surface area contributed by atoms with E-state index in [1.54, 1.807) is 30.3 Å². The fraction of sp³-hybridized carbons (Fsp3) is 0.300. The number of allylic oxidation sites excluding steroid dienone is 1. The van der Waals surface area contributed by atoms with Gasteiger partial charge >= 0.3 is 7.60 Å². The van der Waals surface area contributed by atoms with Crippen molar-refractivity contribution in [2.24, 2.45) is 0 Å². The predicted octanol–water partition coefficient (Wildman–Crippen LogP) is 4.93. The van der Waals surface area contributed by atoms with Crippen molar-refractivity contribution in [2.75, 3.05) is 0 Å². The summed E-state index contributed by atoms with van der Waals surface area (Å²) in [7, 11) is -8.84. The molecule has 1 aliphatic rings. The minimum atomic E-state index is -4.80. The third kappa shape index (κ3) is 5.05. The zero-order chi connectivity index (χ0) is 22.9. The van der Waals surface area contributed by atoms with Gasteiger partial charge in [0.15, 0.2) is 13.6 Å². The lowest BCUT2D eigenvalue weighted by atomic mass is 10.2. The quantitative estimate of drug-likeness (QED) is 0.340. The summed E-state index contributed by atoms with van der Waals surface area (Å²) in [6.45, 7) is 5.86. The molecule has 3 rings (SSSR count). The van der Waals surface area contributed by atoms with E-state index in [4.69, 9.17) is 13.8 Å². The molecular formula is C20H24BrNO7P2. The summed E-state index contributed by atoms with van der Waals surface area (Å²) in [5.41, 5.74) is 0.753. The molecule has 0 spiro atoms. The Morgan fingerprint density at radius 2 is 2.10 bits per heavy atom. The highest BCUT2D eigenvalue weighted by Crippen LogP contribution is 2.78. The van der Waals surface area contributed by atoms with Crippen LogP contribution >= 0.6 is 30.9 Å². The summed E-state index contributed by atoms with van der Waals surface area (Å²) in [5.74, 6) is 1.09. The molecule has 1 fully saturated rings. The van der Waals surface area contributed by atoms with Gasteiger partial charge in [-0.1, -0.05) is 25.6 Å². The minimum Gasteiger partial charge on any atom is -0.461 e. The normalized spacial score (nSPS) is 30.7. The Labute approximate surface area is 189 Å². The molecule has 2 aromatic rings. The Kier molecular flexibility index (Phi) is 7.31. The van der Waals surface area contributed by atoms with Crippen LogP contribution in [0.4, 0.5) is 0 Å². The van der Waals surface area contributed by atoms with Crippen molar-refractivity contribution in [3.05, 3.63) is 70.7 Å². The highest BCUT2D eigenvalue weighted by atomic mass is 79.9. The van der Waals surface area contributed by atoms with E-state index in [1.807, 2.05) is 6.92 Å². The Morgan fingerprint density at radius 1 is 1.35 bits per heavy atom. The molecule has 31 heavy (non-hydrogen) atoms. The molecule has 2 heterocycles. The number of aromatic nitrogens is 1. The zero-order valence-electron chi connectivity index (χ0n) is 16.8. The standard InChI is InChI=1S/C20H24BrNO7P2/c1-4-6-14(2)27-18-9-8-16(11-17(18)21)19-28-30(3,24)20(23,31(25,26)29-19)12-15-7-5-10-22-13-15/h5,7-11,13,19,23-24H,2-4,6,12H2,1H3,(H,25,26). The Hall–Kier alpha value is -1.28. The molecule has 1 aromatic heterocycles. The van der Waals surface area contributed by atoms with Crippen molar-refractivity contribution < 1.29 is 33.2 Å². The molecule has 1 aromatic carbocycles. The van der Waals surface area contributed by atoms with Crippen LogP contribution in [0.25, 0.3) is 0 Å². The van der Waals surface area contributed by atoms with Gasteiger partial charge in [0.1, 0.15) is 5.75 Å². The summed E-state index contributed by atoms with van der Waals surface area (Å²) in [4.78, 5) is 25.4. The van der Waals surface area contributed by atoms with Gasteiger partial charge in [-0.25, -0.2) is 0 Å². The number of nitrogens with zero attached hydrogens (tertiary/aromatic N) is 1. The van der Waals surface area contributed by atoms with E-state index in [0.29, 0.717) is 33.5 Å². The number of benzene rings is 1. The molecule has 0 radical (unpaired) electrons. The van der Waals surface area contributed by atoms with Gasteiger partial charge in [0, 0.05) is 30.8 Å². The summed E-state index contributed by atoms with van der Waals surface area (Å²) < 4.78 is 30.0. The number of ether oxygens (including phenoxy) is 1. The Balaban J connectivity index is 1.87. The fourth-order valence-corrected chi connectivity index (χ4v) is 7.49. The topological polar surface area (TPSA) is 118 Å². The van der Waals surface area contributed by atoms with E-state index >= 15 is 0 Å². The molecule has 4 unspecified atom stereocenters. The summed E-state index contributed by atoms with van der Waals surface area (Å²) in [6.07, 6.45) is 6.25. The van der Waals surface area contributed by atoms with Crippen LogP contribution in [0.2, 0.25) is 0 Å². The number of hydrogen-bond acceptors (Lipinski definition) is 7. The second-order valence-electron chi connectivity index (χ2n) is 7.16. The molecule has 0 bridgehead atoms. The first kappa shape index (κ1) is 24.4. The highest BCUT2D eigenvalue weighted by Gasteiger charge is 2.62. The molecule has 4 atom stereocenters. The van der Waals surface area contributed by atoms with Crippen molar-refractivity contribution in [3.63, 3.8) is 0 Å². The average molecular weight is 532 g/mol. The lowest BCUT2D eigenvalue weighted by Gasteiger charge is -2.45. The SMILES string of the molecule is C=C(CCC)Oc1ccc(C2OP(=C)(O)C(O)(Cc3cccnc3)P(=O)(O)O2)cc1Br. The minimum absolute atomic E-state index is 0.333. The van der Waals surface area contributed by atoms with Gasteiger partial charge in [0.05, 0.1) is 10.2 Å². The molecule has 3 N–H and O–H groups in total. The van der Waals surface area contributed by atoms with Gasteiger partial charge in [0.2, 0.25) is 5.08 Å². The van der Waals surface area contributed by atoms with E-state index in [2.05, 4.69) is 33.8 Å². The largest absolute Gasteiger partial charge is 0.461 e. The predicted molar refractivity (Wildman–Crippen MR) is 123 cm³/mol. The van der Waals surface area contributed by atoms with E-state index in [9.17, 15) is 19.5 Å². The van der Waals surface area contributed by atoms with E-state index in [0.717, 1.165) is 6.42 Å². The molecule has 1 saturated heterocycles. The molecule has 8 nitrogen and oxygen atoms in total. The summed E-state index contributed by atoms with van der Waals surface area (Å²) in [6, 6.07) is 7.96. The van der Waals surface area contributed by atoms with Crippen LogP contribution in [0.1, 0.15) is 37.2 Å². The van der Waals surface area contributed by atoms with Crippen molar-refractivity contribution in [1.29, 1.82) is 0 Å². The number of halogens is 1. The third-order valence-corrected chi connectivity index (χ3v) is 10.4. The van der Waals surface area contributed by atoms with Gasteiger partial charge < -0.3 is 19.6 Å². The Morgan fingerprint density at radius 3 is 2.68 bits per heavy atom. The first-order valence-corrected chi connectivity index (χ1v) is 13.6. The smallest absolute Gasteiger partial charge is 0.371 e. The van der Waals surface area contributed by atoms with Crippen LogP contribution in [0.5, 0.6) is 5.75 Å². The van der Waals surface area contributed by atoms with Crippen LogP contribution in [0.15, 0.2) is 59.5 Å². The molecule has 0 saturated carbocycles. The fourth-order valence-electron chi connectivity index (χ4n) is 3.03. The van der Waals surface area contributed by atoms with Crippen molar-refractivity contribution in [2.45, 2.75) is 37.6 Å². The zero-order valence-corrected chi connectivity index (χ0v) is 20.2. The highest BCUT2D eigenvalue weighted by molar-refractivity contribution is 9.10. The molecule has 1 aliphatic heterocycles. The lowest BCUT2D eigenvalue weighted by Crippen LogP contribution is -2.38. The third-order valence-electron chi connectivity index (χ3n) is 4.70. The monoisotopic (exact) mass is 531 g/mol. The first-order valence-electron chi connectivity index (χ1n) is 9.41. The van der Waals surface area contributed by atoms with E-state index in [-0.39, 0.29) is 0 Å². The van der Waals surface area contributed by atoms with Gasteiger partial charge in [-0.15, -0.1) is 0 Å². The second-order valence-corrected chi connectivity index (χ2v) is 12.7. The van der Waals surface area contributed by atoms with E-state index in [1.165, 1.54) is 12.4 Å². The number of aliphatic hydroxyl groups is 1. The maximum Gasteiger partial charge on any atom is 0.371 e. The van der Waals surface area contributed by atoms with E-state index < -0.39 is 32.7 Å².